The topological polar surface area (TPSA) is 58.9 Å². The van der Waals surface area contributed by atoms with Crippen molar-refractivity contribution in [2.24, 2.45) is 42.1 Å². The fraction of sp³-hybridized carbons (Fsp3) is 0.741. The molecule has 6 heteroatoms. The Morgan fingerprint density at radius 2 is 1.61 bits per heavy atom. The maximum Gasteiger partial charge on any atom is 0.144 e. The number of rotatable bonds is 5. The predicted molar refractivity (Wildman–Crippen MR) is 130 cm³/mol. The highest BCUT2D eigenvalue weighted by molar-refractivity contribution is 5.60. The average Bonchev–Trinajstić information content (AvgIpc) is 3.39. The number of nitrogens with zero attached hydrogens (tertiary/aromatic N) is 5. The molecule has 6 nitrogen and oxygen atoms in total. The van der Waals surface area contributed by atoms with Crippen molar-refractivity contribution in [3.05, 3.63) is 24.3 Å². The minimum absolute atomic E-state index is 0.543. The molecule has 0 spiro atoms. The van der Waals surface area contributed by atoms with E-state index in [0.717, 1.165) is 52.4 Å². The summed E-state index contributed by atoms with van der Waals surface area (Å²) in [5.74, 6) is 5.85. The van der Waals surface area contributed by atoms with Gasteiger partial charge in [0.1, 0.15) is 5.82 Å². The van der Waals surface area contributed by atoms with Crippen LogP contribution in [0.2, 0.25) is 0 Å². The SMILES string of the molecule is Cc1nn(C)cc1-c1cnc(N[C@@H]2C[C@@H]3CN(CC45CC6CC(CC(C6)C4)C5)C[C@@H]3C2)cn1. The Bertz CT molecular complexity index is 976. The van der Waals surface area contributed by atoms with E-state index in [1.807, 2.05) is 37.2 Å². The maximum absolute atomic E-state index is 4.68. The third kappa shape index (κ3) is 3.69. The Balaban J connectivity index is 0.947. The van der Waals surface area contributed by atoms with Gasteiger partial charge in [0, 0.05) is 44.5 Å². The van der Waals surface area contributed by atoms with Gasteiger partial charge >= 0.3 is 0 Å². The average molecular weight is 447 g/mol. The van der Waals surface area contributed by atoms with E-state index in [-0.39, 0.29) is 0 Å². The summed E-state index contributed by atoms with van der Waals surface area (Å²) in [5.41, 5.74) is 3.64. The Kier molecular flexibility index (Phi) is 4.66. The molecule has 176 valence electrons. The number of anilines is 1. The minimum Gasteiger partial charge on any atom is -0.366 e. The van der Waals surface area contributed by atoms with Crippen molar-refractivity contribution in [1.82, 2.24) is 24.6 Å². The summed E-state index contributed by atoms with van der Waals surface area (Å²) in [6.07, 6.45) is 17.7. The van der Waals surface area contributed by atoms with E-state index < -0.39 is 0 Å². The molecule has 3 atom stereocenters. The molecular weight excluding hydrogens is 408 g/mol. The number of hydrogen-bond acceptors (Lipinski definition) is 5. The van der Waals surface area contributed by atoms with Gasteiger partial charge in [-0.3, -0.25) is 9.67 Å². The molecule has 0 aromatic carbocycles. The van der Waals surface area contributed by atoms with Gasteiger partial charge in [-0.05, 0) is 93.3 Å². The molecule has 0 unspecified atom stereocenters. The van der Waals surface area contributed by atoms with Crippen molar-refractivity contribution in [3.63, 3.8) is 0 Å². The van der Waals surface area contributed by atoms with Gasteiger partial charge in [-0.25, -0.2) is 4.98 Å². The molecule has 3 heterocycles. The molecular formula is C27H38N6. The van der Waals surface area contributed by atoms with E-state index in [0.29, 0.717) is 11.5 Å². The lowest BCUT2D eigenvalue weighted by molar-refractivity contribution is -0.0672. The smallest absolute Gasteiger partial charge is 0.144 e. The Hall–Kier alpha value is -1.95. The third-order valence-electron chi connectivity index (χ3n) is 9.84. The summed E-state index contributed by atoms with van der Waals surface area (Å²) in [7, 11) is 1.95. The summed E-state index contributed by atoms with van der Waals surface area (Å²) in [6.45, 7) is 6.08. The first-order chi connectivity index (χ1) is 16.0. The van der Waals surface area contributed by atoms with Crippen LogP contribution in [-0.4, -0.2) is 50.3 Å². The van der Waals surface area contributed by atoms with Crippen LogP contribution < -0.4 is 5.32 Å². The van der Waals surface area contributed by atoms with Crippen molar-refractivity contribution in [2.75, 3.05) is 25.0 Å². The molecule has 2 aromatic rings. The Morgan fingerprint density at radius 1 is 0.939 bits per heavy atom. The predicted octanol–water partition coefficient (Wildman–Crippen LogP) is 4.52. The van der Waals surface area contributed by atoms with Crippen molar-refractivity contribution in [3.8, 4) is 11.3 Å². The highest BCUT2D eigenvalue weighted by Crippen LogP contribution is 2.60. The largest absolute Gasteiger partial charge is 0.366 e. The van der Waals surface area contributed by atoms with E-state index in [9.17, 15) is 0 Å². The number of aromatic nitrogens is 4. The molecule has 2 aromatic heterocycles. The first-order valence-electron chi connectivity index (χ1n) is 13.3. The van der Waals surface area contributed by atoms with Gasteiger partial charge in [0.2, 0.25) is 0 Å². The lowest BCUT2D eigenvalue weighted by atomic mass is 9.49. The van der Waals surface area contributed by atoms with E-state index in [4.69, 9.17) is 0 Å². The van der Waals surface area contributed by atoms with Crippen LogP contribution in [0.4, 0.5) is 5.82 Å². The monoisotopic (exact) mass is 446 g/mol. The minimum atomic E-state index is 0.543. The van der Waals surface area contributed by atoms with E-state index in [1.54, 1.807) is 38.5 Å². The number of hydrogen-bond donors (Lipinski definition) is 1. The quantitative estimate of drug-likeness (QED) is 0.732. The summed E-state index contributed by atoms with van der Waals surface area (Å²) in [5, 5.41) is 8.12. The molecule has 6 aliphatic rings. The molecule has 1 N–H and O–H groups in total. The summed E-state index contributed by atoms with van der Waals surface area (Å²) in [6, 6.07) is 0.543. The van der Waals surface area contributed by atoms with Gasteiger partial charge in [0.05, 0.1) is 23.8 Å². The van der Waals surface area contributed by atoms with Crippen LogP contribution in [0, 0.1) is 41.9 Å². The fourth-order valence-corrected chi connectivity index (χ4v) is 9.20. The molecule has 8 rings (SSSR count). The van der Waals surface area contributed by atoms with Crippen LogP contribution in [-0.2, 0) is 7.05 Å². The van der Waals surface area contributed by atoms with Crippen molar-refractivity contribution in [2.45, 2.75) is 64.3 Å². The van der Waals surface area contributed by atoms with Crippen LogP contribution in [0.5, 0.6) is 0 Å². The molecule has 5 aliphatic carbocycles. The summed E-state index contributed by atoms with van der Waals surface area (Å²) in [4.78, 5) is 12.2. The zero-order valence-corrected chi connectivity index (χ0v) is 20.2. The van der Waals surface area contributed by atoms with E-state index in [2.05, 4.69) is 25.3 Å². The zero-order valence-electron chi connectivity index (χ0n) is 20.2. The van der Waals surface area contributed by atoms with Gasteiger partial charge in [0.15, 0.2) is 0 Å². The Morgan fingerprint density at radius 3 is 2.15 bits per heavy atom. The fourth-order valence-electron chi connectivity index (χ4n) is 9.20. The first-order valence-corrected chi connectivity index (χ1v) is 13.3. The van der Waals surface area contributed by atoms with E-state index in [1.165, 1.54) is 32.5 Å². The van der Waals surface area contributed by atoms with Crippen LogP contribution >= 0.6 is 0 Å². The van der Waals surface area contributed by atoms with E-state index >= 15 is 0 Å². The maximum atomic E-state index is 4.68. The number of likely N-dealkylation sites (tertiary alicyclic amines) is 1. The molecule has 4 bridgehead atoms. The second-order valence-corrected chi connectivity index (χ2v) is 12.5. The molecule has 0 amide bonds. The molecule has 6 fully saturated rings. The van der Waals surface area contributed by atoms with Crippen molar-refractivity contribution in [1.29, 1.82) is 0 Å². The highest BCUT2D eigenvalue weighted by atomic mass is 15.3. The van der Waals surface area contributed by atoms with Gasteiger partial charge in [-0.1, -0.05) is 0 Å². The highest BCUT2D eigenvalue weighted by Gasteiger charge is 2.52. The number of aryl methyl sites for hydroxylation is 2. The molecule has 0 radical (unpaired) electrons. The van der Waals surface area contributed by atoms with Gasteiger partial charge in [-0.2, -0.15) is 5.10 Å². The van der Waals surface area contributed by atoms with Crippen LogP contribution in [0.15, 0.2) is 18.6 Å². The van der Waals surface area contributed by atoms with Crippen molar-refractivity contribution >= 4 is 5.82 Å². The summed E-state index contributed by atoms with van der Waals surface area (Å²) >= 11 is 0. The van der Waals surface area contributed by atoms with Gasteiger partial charge in [0.25, 0.3) is 0 Å². The third-order valence-corrected chi connectivity index (χ3v) is 9.84. The molecule has 33 heavy (non-hydrogen) atoms. The van der Waals surface area contributed by atoms with Gasteiger partial charge in [-0.15, -0.1) is 0 Å². The van der Waals surface area contributed by atoms with Crippen LogP contribution in [0.1, 0.15) is 57.1 Å². The lowest BCUT2D eigenvalue weighted by Gasteiger charge is -2.57. The molecule has 1 saturated heterocycles. The standard InChI is InChI=1S/C27H38N6/c1-17-24(15-32(2)31-17)25-11-29-26(12-28-25)30-23-6-21-13-33(14-22(21)7-23)16-27-8-18-3-19(9-27)5-20(4-18)10-27/h11-12,15,18-23H,3-10,13-14,16H2,1-2H3,(H,29,30)/t18?,19?,20?,21-,22+,23-,27?. The lowest BCUT2D eigenvalue weighted by Crippen LogP contribution is -2.51. The normalized spacial score (nSPS) is 39.3. The second kappa shape index (κ2) is 7.53. The zero-order chi connectivity index (χ0) is 22.2. The van der Waals surface area contributed by atoms with Crippen LogP contribution in [0.25, 0.3) is 11.3 Å². The second-order valence-electron chi connectivity index (χ2n) is 12.5. The number of nitrogens with one attached hydrogen (secondary N) is 1. The Labute approximate surface area is 197 Å². The van der Waals surface area contributed by atoms with Crippen LogP contribution in [0.3, 0.4) is 0 Å². The molecule has 5 saturated carbocycles. The first kappa shape index (κ1) is 20.4. The van der Waals surface area contributed by atoms with Crippen molar-refractivity contribution < 1.29 is 0 Å². The van der Waals surface area contributed by atoms with Gasteiger partial charge < -0.3 is 10.2 Å². The summed E-state index contributed by atoms with van der Waals surface area (Å²) < 4.78 is 1.84. The number of fused-ring (bicyclic) bond motifs is 1. The molecule has 1 aliphatic heterocycles.